The van der Waals surface area contributed by atoms with E-state index in [1.54, 1.807) is 0 Å². The highest BCUT2D eigenvalue weighted by Gasteiger charge is 2.54. The van der Waals surface area contributed by atoms with Gasteiger partial charge in [0.2, 0.25) is 11.8 Å². The van der Waals surface area contributed by atoms with Gasteiger partial charge in [-0.15, -0.1) is 0 Å². The second kappa shape index (κ2) is 5.23. The maximum absolute atomic E-state index is 12.8. The Kier molecular flexibility index (Phi) is 3.57. The van der Waals surface area contributed by atoms with Crippen molar-refractivity contribution in [2.45, 2.75) is 63.5 Å². The summed E-state index contributed by atoms with van der Waals surface area (Å²) < 4.78 is 0. The van der Waals surface area contributed by atoms with Gasteiger partial charge in [0.15, 0.2) is 0 Å². The summed E-state index contributed by atoms with van der Waals surface area (Å²) in [6.45, 7) is 2.53. The maximum Gasteiger partial charge on any atom is 0.246 e. The van der Waals surface area contributed by atoms with E-state index in [-0.39, 0.29) is 17.9 Å². The summed E-state index contributed by atoms with van der Waals surface area (Å²) in [7, 11) is 0. The van der Waals surface area contributed by atoms with Crippen LogP contribution in [0.5, 0.6) is 0 Å². The number of carbonyl (C=O) groups is 2. The molecule has 1 atom stereocenters. The number of hydrogen-bond acceptors (Lipinski definition) is 2. The number of carbonyl (C=O) groups excluding carboxylic acids is 2. The Morgan fingerprint density at radius 1 is 1.25 bits per heavy atom. The van der Waals surface area contributed by atoms with Crippen LogP contribution in [-0.4, -0.2) is 34.8 Å². The molecule has 110 valence electrons. The summed E-state index contributed by atoms with van der Waals surface area (Å²) in [5.74, 6) is 0.616. The van der Waals surface area contributed by atoms with Gasteiger partial charge in [0.05, 0.1) is 0 Å². The highest BCUT2D eigenvalue weighted by Crippen LogP contribution is 2.41. The van der Waals surface area contributed by atoms with Gasteiger partial charge >= 0.3 is 0 Å². The molecule has 2 saturated carbocycles. The van der Waals surface area contributed by atoms with E-state index in [0.29, 0.717) is 12.5 Å². The van der Waals surface area contributed by atoms with Crippen molar-refractivity contribution in [2.24, 2.45) is 5.92 Å². The lowest BCUT2D eigenvalue weighted by atomic mass is 9.77. The van der Waals surface area contributed by atoms with Crippen LogP contribution in [-0.2, 0) is 9.59 Å². The minimum Gasteiger partial charge on any atom is -0.342 e. The van der Waals surface area contributed by atoms with Gasteiger partial charge < -0.3 is 10.2 Å². The van der Waals surface area contributed by atoms with Crippen LogP contribution in [0.1, 0.15) is 51.9 Å². The first-order valence-corrected chi connectivity index (χ1v) is 7.92. The van der Waals surface area contributed by atoms with Crippen LogP contribution in [0.2, 0.25) is 0 Å². The first-order chi connectivity index (χ1) is 9.69. The molecular weight excluding hydrogens is 252 g/mol. The zero-order valence-corrected chi connectivity index (χ0v) is 12.2. The van der Waals surface area contributed by atoms with Crippen molar-refractivity contribution in [3.63, 3.8) is 0 Å². The molecule has 1 heterocycles. The number of piperazine rings is 1. The number of allylic oxidation sites excluding steroid dienone is 1. The molecule has 1 N–H and O–H groups in total. The average Bonchev–Trinajstić information content (AvgIpc) is 3.29. The molecule has 3 rings (SSSR count). The lowest BCUT2D eigenvalue weighted by molar-refractivity contribution is -0.159. The predicted molar refractivity (Wildman–Crippen MR) is 77.0 cm³/mol. The fourth-order valence-corrected chi connectivity index (χ4v) is 3.70. The Labute approximate surface area is 120 Å². The quantitative estimate of drug-likeness (QED) is 0.802. The van der Waals surface area contributed by atoms with Crippen LogP contribution in [0.4, 0.5) is 0 Å². The van der Waals surface area contributed by atoms with Gasteiger partial charge in [-0.1, -0.05) is 31.4 Å². The number of hydrogen-bond donors (Lipinski definition) is 1. The topological polar surface area (TPSA) is 49.4 Å². The first-order valence-electron chi connectivity index (χ1n) is 7.92. The second-order valence-electron chi connectivity index (χ2n) is 6.40. The van der Waals surface area contributed by atoms with E-state index in [1.807, 2.05) is 24.0 Å². The molecule has 1 aliphatic heterocycles. The zero-order valence-electron chi connectivity index (χ0n) is 12.2. The normalized spacial score (nSPS) is 30.1. The number of rotatable bonds is 3. The summed E-state index contributed by atoms with van der Waals surface area (Å²) >= 11 is 0. The van der Waals surface area contributed by atoms with Crippen LogP contribution >= 0.6 is 0 Å². The summed E-state index contributed by atoms with van der Waals surface area (Å²) in [6, 6.07) is -0.264. The summed E-state index contributed by atoms with van der Waals surface area (Å²) in [4.78, 5) is 27.4. The molecule has 0 aromatic carbocycles. The lowest BCUT2D eigenvalue weighted by Crippen LogP contribution is -2.71. The Morgan fingerprint density at radius 2 is 1.95 bits per heavy atom. The Bertz CT molecular complexity index is 434. The lowest BCUT2D eigenvalue weighted by Gasteiger charge is -2.50. The standard InChI is InChI=1S/C16H24N2O2/c1-2-3-11-18-14(19)13(12-7-8-12)17-15(20)16(18)9-5-4-6-10-16/h2-3,12-13H,4-11H2,1H3,(H,17,20)/b3-2+. The highest BCUT2D eigenvalue weighted by atomic mass is 16.2. The van der Waals surface area contributed by atoms with Crippen LogP contribution in [0, 0.1) is 5.92 Å². The SMILES string of the molecule is C/C=C/CN1C(=O)C(C2CC2)NC(=O)C12CCCCC2. The summed E-state index contributed by atoms with van der Waals surface area (Å²) in [5, 5.41) is 3.04. The molecule has 0 aromatic rings. The van der Waals surface area contributed by atoms with Crippen molar-refractivity contribution >= 4 is 11.8 Å². The molecule has 0 bridgehead atoms. The molecule has 3 aliphatic rings. The van der Waals surface area contributed by atoms with E-state index < -0.39 is 5.54 Å². The molecular formula is C16H24N2O2. The molecule has 1 unspecified atom stereocenters. The summed E-state index contributed by atoms with van der Waals surface area (Å²) in [5.41, 5.74) is -0.569. The van der Waals surface area contributed by atoms with E-state index in [9.17, 15) is 9.59 Å². The van der Waals surface area contributed by atoms with Crippen LogP contribution in [0.3, 0.4) is 0 Å². The molecule has 0 aromatic heterocycles. The van der Waals surface area contributed by atoms with Gasteiger partial charge in [-0.3, -0.25) is 9.59 Å². The van der Waals surface area contributed by atoms with Gasteiger partial charge in [-0.25, -0.2) is 0 Å². The Morgan fingerprint density at radius 3 is 2.55 bits per heavy atom. The van der Waals surface area contributed by atoms with Gasteiger partial charge in [-0.2, -0.15) is 0 Å². The van der Waals surface area contributed by atoms with Crippen molar-refractivity contribution in [1.82, 2.24) is 10.2 Å². The Balaban J connectivity index is 1.89. The minimum absolute atomic E-state index is 0.0956. The van der Waals surface area contributed by atoms with Gasteiger partial charge in [0.25, 0.3) is 0 Å². The number of nitrogens with zero attached hydrogens (tertiary/aromatic N) is 1. The van der Waals surface area contributed by atoms with E-state index in [4.69, 9.17) is 0 Å². The first kappa shape index (κ1) is 13.7. The van der Waals surface area contributed by atoms with Crippen LogP contribution in [0.25, 0.3) is 0 Å². The van der Waals surface area contributed by atoms with E-state index in [2.05, 4.69) is 5.32 Å². The van der Waals surface area contributed by atoms with Crippen molar-refractivity contribution in [1.29, 1.82) is 0 Å². The molecule has 0 radical (unpaired) electrons. The second-order valence-corrected chi connectivity index (χ2v) is 6.40. The van der Waals surface area contributed by atoms with Crippen molar-refractivity contribution in [3.8, 4) is 0 Å². The number of amides is 2. The van der Waals surface area contributed by atoms with E-state index in [0.717, 1.165) is 38.5 Å². The van der Waals surface area contributed by atoms with Crippen LogP contribution in [0.15, 0.2) is 12.2 Å². The van der Waals surface area contributed by atoms with E-state index in [1.165, 1.54) is 6.42 Å². The molecule has 4 nitrogen and oxygen atoms in total. The highest BCUT2D eigenvalue weighted by molar-refractivity contribution is 6.00. The number of nitrogens with one attached hydrogen (secondary N) is 1. The van der Waals surface area contributed by atoms with Gasteiger partial charge in [0, 0.05) is 6.54 Å². The van der Waals surface area contributed by atoms with Crippen molar-refractivity contribution in [2.75, 3.05) is 6.54 Å². The molecule has 20 heavy (non-hydrogen) atoms. The van der Waals surface area contributed by atoms with Crippen molar-refractivity contribution < 1.29 is 9.59 Å². The smallest absolute Gasteiger partial charge is 0.246 e. The Hall–Kier alpha value is -1.32. The molecule has 2 aliphatic carbocycles. The van der Waals surface area contributed by atoms with Gasteiger partial charge in [0.1, 0.15) is 11.6 Å². The fraction of sp³-hybridized carbons (Fsp3) is 0.750. The zero-order chi connectivity index (χ0) is 14.2. The van der Waals surface area contributed by atoms with Crippen LogP contribution < -0.4 is 5.32 Å². The fourth-order valence-electron chi connectivity index (χ4n) is 3.70. The summed E-state index contributed by atoms with van der Waals surface area (Å²) in [6.07, 6.45) is 11.0. The molecule has 2 amide bonds. The molecule has 1 saturated heterocycles. The molecule has 4 heteroatoms. The molecule has 1 spiro atoms. The third-order valence-corrected chi connectivity index (χ3v) is 5.06. The molecule has 3 fully saturated rings. The van der Waals surface area contributed by atoms with E-state index >= 15 is 0 Å². The maximum atomic E-state index is 12.8. The van der Waals surface area contributed by atoms with Crippen molar-refractivity contribution in [3.05, 3.63) is 12.2 Å². The monoisotopic (exact) mass is 276 g/mol. The average molecular weight is 276 g/mol. The predicted octanol–water partition coefficient (Wildman–Crippen LogP) is 2.00. The largest absolute Gasteiger partial charge is 0.342 e. The third kappa shape index (κ3) is 2.15. The third-order valence-electron chi connectivity index (χ3n) is 5.06. The minimum atomic E-state index is -0.569. The van der Waals surface area contributed by atoms with Gasteiger partial charge in [-0.05, 0) is 38.5 Å².